The number of likely N-dealkylation sites (N-methyl/N-ethyl adjacent to an activating group) is 1. The minimum Gasteiger partial charge on any atom is -0.347 e. The minimum atomic E-state index is -0.823. The van der Waals surface area contributed by atoms with Crippen LogP contribution in [0.2, 0.25) is 0 Å². The molecule has 0 aliphatic carbocycles. The molecule has 26 heavy (non-hydrogen) atoms. The zero-order valence-corrected chi connectivity index (χ0v) is 15.5. The Kier molecular flexibility index (Phi) is 9.14. The molecule has 1 aromatic rings. The molecule has 0 bridgehead atoms. The zero-order chi connectivity index (χ0) is 19.5. The zero-order valence-electron chi connectivity index (χ0n) is 15.5. The summed E-state index contributed by atoms with van der Waals surface area (Å²) >= 11 is 0. The fourth-order valence-corrected chi connectivity index (χ4v) is 2.19. The summed E-state index contributed by atoms with van der Waals surface area (Å²) in [4.78, 5) is 37.5. The predicted octanol–water partition coefficient (Wildman–Crippen LogP) is 1.43. The van der Waals surface area contributed by atoms with Crippen molar-refractivity contribution in [3.8, 4) is 0 Å². The van der Waals surface area contributed by atoms with Crippen LogP contribution < -0.4 is 11.1 Å². The van der Waals surface area contributed by atoms with Gasteiger partial charge in [-0.2, -0.15) is 5.11 Å². The molecule has 0 aliphatic heterocycles. The molecule has 8 heteroatoms. The number of nitrogens with zero attached hydrogens (tertiary/aromatic N) is 3. The van der Waals surface area contributed by atoms with E-state index < -0.39 is 23.9 Å². The topological polar surface area (TPSA) is 117 Å². The Labute approximate surface area is 153 Å². The highest BCUT2D eigenvalue weighted by Crippen LogP contribution is 2.14. The van der Waals surface area contributed by atoms with E-state index in [1.54, 1.807) is 38.4 Å². The van der Waals surface area contributed by atoms with Crippen molar-refractivity contribution >= 4 is 17.7 Å². The van der Waals surface area contributed by atoms with Gasteiger partial charge in [-0.1, -0.05) is 50.1 Å². The van der Waals surface area contributed by atoms with E-state index in [1.807, 2.05) is 13.0 Å². The van der Waals surface area contributed by atoms with E-state index in [0.717, 1.165) is 12.8 Å². The highest BCUT2D eigenvalue weighted by Gasteiger charge is 2.24. The molecule has 3 amide bonds. The van der Waals surface area contributed by atoms with Crippen LogP contribution in [0.1, 0.15) is 37.8 Å². The van der Waals surface area contributed by atoms with Gasteiger partial charge < -0.3 is 16.0 Å². The van der Waals surface area contributed by atoms with Gasteiger partial charge in [0.1, 0.15) is 12.6 Å². The van der Waals surface area contributed by atoms with Crippen LogP contribution in [0.5, 0.6) is 0 Å². The Morgan fingerprint density at radius 3 is 2.42 bits per heavy atom. The third kappa shape index (κ3) is 7.10. The molecule has 0 spiro atoms. The number of hydrogen-bond donors (Lipinski definition) is 2. The molecule has 0 saturated heterocycles. The minimum absolute atomic E-state index is 0.265. The normalized spacial score (nSPS) is 13.2. The van der Waals surface area contributed by atoms with Crippen LogP contribution in [-0.2, 0) is 14.4 Å². The molecule has 2 unspecified atom stereocenters. The van der Waals surface area contributed by atoms with E-state index in [9.17, 15) is 14.4 Å². The molecule has 142 valence electrons. The molecular weight excluding hydrogens is 334 g/mol. The van der Waals surface area contributed by atoms with E-state index in [-0.39, 0.29) is 12.5 Å². The van der Waals surface area contributed by atoms with E-state index in [1.165, 1.54) is 4.90 Å². The molecule has 0 saturated carbocycles. The number of nitrogens with one attached hydrogen (secondary N) is 1. The summed E-state index contributed by atoms with van der Waals surface area (Å²) in [6.45, 7) is 1.65. The average Bonchev–Trinajstić information content (AvgIpc) is 2.64. The third-order valence-corrected chi connectivity index (χ3v) is 3.70. The van der Waals surface area contributed by atoms with Crippen molar-refractivity contribution in [3.05, 3.63) is 35.9 Å². The first-order valence-electron chi connectivity index (χ1n) is 8.59. The summed E-state index contributed by atoms with van der Waals surface area (Å²) in [6, 6.07) is 7.38. The Hall–Kier alpha value is -2.61. The van der Waals surface area contributed by atoms with E-state index in [4.69, 9.17) is 5.73 Å². The van der Waals surface area contributed by atoms with Crippen molar-refractivity contribution < 1.29 is 14.4 Å². The van der Waals surface area contributed by atoms with Crippen LogP contribution in [0.25, 0.3) is 0 Å². The van der Waals surface area contributed by atoms with Crippen molar-refractivity contribution in [2.45, 2.75) is 38.3 Å². The van der Waals surface area contributed by atoms with Crippen molar-refractivity contribution in [1.29, 1.82) is 0 Å². The third-order valence-electron chi connectivity index (χ3n) is 3.70. The number of carbonyl (C=O) groups excluding carboxylic acids is 3. The van der Waals surface area contributed by atoms with Crippen molar-refractivity contribution in [2.75, 3.05) is 20.6 Å². The first-order valence-corrected chi connectivity index (χ1v) is 8.59. The Morgan fingerprint density at radius 1 is 1.19 bits per heavy atom. The number of hydrogen-bond acceptors (Lipinski definition) is 5. The standard InChI is InChI=1S/C18H27N5O3/c1-4-5-11-14(19)17(25)22-20-12-15(24)21-16(18(26)23(2)3)13-9-7-6-8-10-13/h6-10,14,16H,4-5,11-12,19H2,1-3H3,(H,21,24). The Bertz CT molecular complexity index is 631. The largest absolute Gasteiger partial charge is 0.347 e. The molecule has 2 atom stereocenters. The summed E-state index contributed by atoms with van der Waals surface area (Å²) in [6.07, 6.45) is 2.30. The number of unbranched alkanes of at least 4 members (excludes halogenated alkanes) is 1. The molecule has 3 N–H and O–H groups in total. The number of rotatable bonds is 9. The summed E-state index contributed by atoms with van der Waals surface area (Å²) in [7, 11) is 3.22. The molecule has 0 radical (unpaired) electrons. The highest BCUT2D eigenvalue weighted by molar-refractivity contribution is 5.89. The molecule has 0 fully saturated rings. The lowest BCUT2D eigenvalue weighted by atomic mass is 10.1. The number of nitrogens with two attached hydrogens (primary N) is 1. The van der Waals surface area contributed by atoms with Crippen LogP contribution >= 0.6 is 0 Å². The van der Waals surface area contributed by atoms with E-state index in [2.05, 4.69) is 15.5 Å². The molecule has 0 aliphatic rings. The lowest BCUT2D eigenvalue weighted by molar-refractivity contribution is -0.134. The second-order valence-electron chi connectivity index (χ2n) is 6.13. The van der Waals surface area contributed by atoms with Gasteiger partial charge in [-0.05, 0) is 12.0 Å². The molecule has 8 nitrogen and oxygen atoms in total. The van der Waals surface area contributed by atoms with Gasteiger partial charge in [-0.25, -0.2) is 0 Å². The Balaban J connectivity index is 2.66. The average molecular weight is 361 g/mol. The van der Waals surface area contributed by atoms with Gasteiger partial charge in [0.2, 0.25) is 11.8 Å². The first-order chi connectivity index (χ1) is 12.4. The van der Waals surface area contributed by atoms with Crippen LogP contribution in [0, 0.1) is 0 Å². The molecular formula is C18H27N5O3. The van der Waals surface area contributed by atoms with Crippen LogP contribution in [0.15, 0.2) is 40.6 Å². The number of carbonyl (C=O) groups is 3. The van der Waals surface area contributed by atoms with Gasteiger partial charge in [0, 0.05) is 14.1 Å². The molecule has 0 heterocycles. The number of benzene rings is 1. The van der Waals surface area contributed by atoms with E-state index >= 15 is 0 Å². The second-order valence-corrected chi connectivity index (χ2v) is 6.13. The fourth-order valence-electron chi connectivity index (χ4n) is 2.19. The maximum absolute atomic E-state index is 12.3. The maximum atomic E-state index is 12.3. The monoisotopic (exact) mass is 361 g/mol. The number of azo groups is 1. The lowest BCUT2D eigenvalue weighted by Gasteiger charge is -2.21. The highest BCUT2D eigenvalue weighted by atomic mass is 16.2. The lowest BCUT2D eigenvalue weighted by Crippen LogP contribution is -2.40. The Morgan fingerprint density at radius 2 is 1.85 bits per heavy atom. The summed E-state index contributed by atoms with van der Waals surface area (Å²) in [5.74, 6) is -1.32. The fraction of sp³-hybridized carbons (Fsp3) is 0.500. The molecule has 1 rings (SSSR count). The van der Waals surface area contributed by atoms with Crippen LogP contribution in [0.3, 0.4) is 0 Å². The first kappa shape index (κ1) is 21.4. The van der Waals surface area contributed by atoms with Gasteiger partial charge in [0.15, 0.2) is 0 Å². The van der Waals surface area contributed by atoms with Gasteiger partial charge in [0.25, 0.3) is 5.91 Å². The summed E-state index contributed by atoms with van der Waals surface area (Å²) < 4.78 is 0. The van der Waals surface area contributed by atoms with Gasteiger partial charge in [-0.3, -0.25) is 14.4 Å². The SMILES string of the molecule is CCCCC(N)C(=O)N=NCC(=O)NC(C(=O)N(C)C)c1ccccc1. The number of amides is 3. The summed E-state index contributed by atoms with van der Waals surface area (Å²) in [5, 5.41) is 9.72. The van der Waals surface area contributed by atoms with Crippen molar-refractivity contribution in [3.63, 3.8) is 0 Å². The predicted molar refractivity (Wildman–Crippen MR) is 98.3 cm³/mol. The van der Waals surface area contributed by atoms with Gasteiger partial charge in [-0.15, -0.1) is 5.11 Å². The van der Waals surface area contributed by atoms with Crippen molar-refractivity contribution in [2.24, 2.45) is 16.0 Å². The van der Waals surface area contributed by atoms with E-state index in [0.29, 0.717) is 12.0 Å². The summed E-state index contributed by atoms with van der Waals surface area (Å²) in [5.41, 5.74) is 6.36. The van der Waals surface area contributed by atoms with Crippen LogP contribution in [-0.4, -0.2) is 49.3 Å². The van der Waals surface area contributed by atoms with Gasteiger partial charge in [0.05, 0.1) is 6.04 Å². The van der Waals surface area contributed by atoms with Gasteiger partial charge >= 0.3 is 0 Å². The molecule has 0 aromatic heterocycles. The van der Waals surface area contributed by atoms with Crippen molar-refractivity contribution in [1.82, 2.24) is 10.2 Å². The quantitative estimate of drug-likeness (QED) is 0.647. The smallest absolute Gasteiger partial charge is 0.280 e. The van der Waals surface area contributed by atoms with Crippen LogP contribution in [0.4, 0.5) is 0 Å². The second kappa shape index (κ2) is 11.1. The molecule has 1 aromatic carbocycles. The maximum Gasteiger partial charge on any atom is 0.280 e.